The number of benzene rings is 2. The summed E-state index contributed by atoms with van der Waals surface area (Å²) in [6, 6.07) is 11.8. The first-order valence-corrected chi connectivity index (χ1v) is 10.7. The molecule has 3 aromatic rings. The van der Waals surface area contributed by atoms with Gasteiger partial charge >= 0.3 is 0 Å². The number of amides is 1. The van der Waals surface area contributed by atoms with Crippen LogP contribution >= 0.6 is 0 Å². The van der Waals surface area contributed by atoms with Crippen LogP contribution in [-0.4, -0.2) is 29.9 Å². The molecule has 1 aliphatic rings. The van der Waals surface area contributed by atoms with Crippen LogP contribution in [0, 0.1) is 13.8 Å². The van der Waals surface area contributed by atoms with Gasteiger partial charge in [0.25, 0.3) is 0 Å². The first-order valence-electron chi connectivity index (χ1n) is 10.7. The number of hydrogen-bond donors (Lipinski definition) is 1. The molecule has 6 nitrogen and oxygen atoms in total. The molecule has 1 unspecified atom stereocenters. The van der Waals surface area contributed by atoms with Crippen molar-refractivity contribution in [1.82, 2.24) is 15.1 Å². The van der Waals surface area contributed by atoms with Crippen LogP contribution in [0.15, 0.2) is 42.6 Å². The van der Waals surface area contributed by atoms with Gasteiger partial charge in [0.05, 0.1) is 38.6 Å². The van der Waals surface area contributed by atoms with Crippen LogP contribution in [0.2, 0.25) is 0 Å². The maximum Gasteiger partial charge on any atom is 0.225 e. The number of fused-ring (bicyclic) bond motifs is 1. The van der Waals surface area contributed by atoms with E-state index in [0.29, 0.717) is 11.5 Å². The average Bonchev–Trinajstić information content (AvgIpc) is 3.20. The molecule has 1 heterocycles. The smallest absolute Gasteiger partial charge is 0.225 e. The van der Waals surface area contributed by atoms with Crippen molar-refractivity contribution >= 4 is 5.91 Å². The van der Waals surface area contributed by atoms with Crippen molar-refractivity contribution in [3.63, 3.8) is 0 Å². The standard InChI is InChI=1S/C25H29N3O3/c1-16-7-5-9-22(17(16)2)28-23-10-6-8-21(20(23)15-26-28)27-25(29)14-18-13-19(30-3)11-12-24(18)31-4/h5,7,9,11-13,15,21H,6,8,10,14H2,1-4H3,(H,27,29). The predicted molar refractivity (Wildman–Crippen MR) is 120 cm³/mol. The Labute approximate surface area is 183 Å². The fourth-order valence-electron chi connectivity index (χ4n) is 4.32. The molecule has 1 aromatic heterocycles. The summed E-state index contributed by atoms with van der Waals surface area (Å²) in [5, 5.41) is 7.90. The molecule has 4 rings (SSSR count). The molecular formula is C25H29N3O3. The summed E-state index contributed by atoms with van der Waals surface area (Å²) < 4.78 is 12.8. The van der Waals surface area contributed by atoms with Crippen LogP contribution in [-0.2, 0) is 17.6 Å². The lowest BCUT2D eigenvalue weighted by atomic mass is 9.92. The van der Waals surface area contributed by atoms with Gasteiger partial charge in [-0.1, -0.05) is 12.1 Å². The molecule has 162 valence electrons. The van der Waals surface area contributed by atoms with Crippen LogP contribution in [0.4, 0.5) is 0 Å². The topological polar surface area (TPSA) is 65.4 Å². The van der Waals surface area contributed by atoms with Crippen LogP contribution in [0.3, 0.4) is 0 Å². The summed E-state index contributed by atoms with van der Waals surface area (Å²) in [7, 11) is 3.22. The zero-order valence-corrected chi connectivity index (χ0v) is 18.6. The average molecular weight is 420 g/mol. The van der Waals surface area contributed by atoms with E-state index in [-0.39, 0.29) is 18.4 Å². The van der Waals surface area contributed by atoms with Gasteiger partial charge in [-0.2, -0.15) is 5.10 Å². The first-order chi connectivity index (χ1) is 15.0. The minimum atomic E-state index is -0.0381. The Morgan fingerprint density at radius 2 is 2.03 bits per heavy atom. The summed E-state index contributed by atoms with van der Waals surface area (Å²) >= 11 is 0. The molecule has 0 bridgehead atoms. The Bertz CT molecular complexity index is 1100. The quantitative estimate of drug-likeness (QED) is 0.649. The van der Waals surface area contributed by atoms with E-state index in [1.165, 1.54) is 16.8 Å². The van der Waals surface area contributed by atoms with E-state index in [1.54, 1.807) is 14.2 Å². The molecule has 1 N–H and O–H groups in total. The molecule has 0 saturated heterocycles. The maximum absolute atomic E-state index is 12.9. The summed E-state index contributed by atoms with van der Waals surface area (Å²) in [6.07, 6.45) is 5.02. The van der Waals surface area contributed by atoms with Gasteiger partial charge in [-0.05, 0) is 68.5 Å². The fourth-order valence-corrected chi connectivity index (χ4v) is 4.32. The van der Waals surface area contributed by atoms with Gasteiger partial charge in [0.15, 0.2) is 0 Å². The minimum Gasteiger partial charge on any atom is -0.497 e. The Morgan fingerprint density at radius 3 is 2.81 bits per heavy atom. The molecule has 1 amide bonds. The van der Waals surface area contributed by atoms with E-state index in [2.05, 4.69) is 37.4 Å². The van der Waals surface area contributed by atoms with Gasteiger partial charge in [-0.15, -0.1) is 0 Å². The third kappa shape index (κ3) is 4.15. The maximum atomic E-state index is 12.9. The molecule has 6 heteroatoms. The van der Waals surface area contributed by atoms with E-state index in [9.17, 15) is 4.79 Å². The number of rotatable bonds is 6. The van der Waals surface area contributed by atoms with Crippen LogP contribution in [0.5, 0.6) is 11.5 Å². The van der Waals surface area contributed by atoms with E-state index in [1.807, 2.05) is 29.1 Å². The van der Waals surface area contributed by atoms with Gasteiger partial charge in [0.2, 0.25) is 5.91 Å². The van der Waals surface area contributed by atoms with Crippen LogP contribution < -0.4 is 14.8 Å². The molecule has 0 spiro atoms. The third-order valence-corrected chi connectivity index (χ3v) is 6.16. The highest BCUT2D eigenvalue weighted by Gasteiger charge is 2.27. The SMILES string of the molecule is COc1ccc(OC)c(CC(=O)NC2CCCc3c2cnn3-c2cccc(C)c2C)c1. The molecule has 1 aliphatic carbocycles. The first kappa shape index (κ1) is 21.0. The molecule has 0 fully saturated rings. The van der Waals surface area contributed by atoms with E-state index in [0.717, 1.165) is 36.1 Å². The summed E-state index contributed by atoms with van der Waals surface area (Å²) in [6.45, 7) is 4.24. The molecule has 2 aromatic carbocycles. The highest BCUT2D eigenvalue weighted by atomic mass is 16.5. The van der Waals surface area contributed by atoms with Crippen molar-refractivity contribution in [2.45, 2.75) is 45.6 Å². The van der Waals surface area contributed by atoms with Crippen LogP contribution in [0.1, 0.15) is 46.8 Å². The molecule has 1 atom stereocenters. The molecule has 31 heavy (non-hydrogen) atoms. The summed E-state index contributed by atoms with van der Waals surface area (Å²) in [5.41, 5.74) is 6.68. The number of carbonyl (C=O) groups excluding carboxylic acids is 1. The number of aromatic nitrogens is 2. The highest BCUT2D eigenvalue weighted by molar-refractivity contribution is 5.80. The van der Waals surface area contributed by atoms with E-state index in [4.69, 9.17) is 14.6 Å². The monoisotopic (exact) mass is 419 g/mol. The van der Waals surface area contributed by atoms with E-state index >= 15 is 0 Å². The predicted octanol–water partition coefficient (Wildman–Crippen LogP) is 4.24. The largest absolute Gasteiger partial charge is 0.497 e. The van der Waals surface area contributed by atoms with Crippen molar-refractivity contribution in [3.8, 4) is 17.2 Å². The fraction of sp³-hybridized carbons (Fsp3) is 0.360. The van der Waals surface area contributed by atoms with Crippen molar-refractivity contribution in [3.05, 3.63) is 70.5 Å². The van der Waals surface area contributed by atoms with Gasteiger partial charge in [0.1, 0.15) is 11.5 Å². The number of methoxy groups -OCH3 is 2. The Hall–Kier alpha value is -3.28. The number of aryl methyl sites for hydroxylation is 1. The number of hydrogen-bond acceptors (Lipinski definition) is 4. The normalized spacial score (nSPS) is 15.3. The second-order valence-electron chi connectivity index (χ2n) is 8.04. The lowest BCUT2D eigenvalue weighted by Crippen LogP contribution is -2.32. The van der Waals surface area contributed by atoms with Crippen LogP contribution in [0.25, 0.3) is 5.69 Å². The Kier molecular flexibility index (Phi) is 5.98. The third-order valence-electron chi connectivity index (χ3n) is 6.16. The minimum absolute atomic E-state index is 0.0354. The van der Waals surface area contributed by atoms with Gasteiger partial charge in [0, 0.05) is 16.8 Å². The van der Waals surface area contributed by atoms with E-state index < -0.39 is 0 Å². The number of carbonyl (C=O) groups is 1. The zero-order chi connectivity index (χ0) is 22.0. The van der Waals surface area contributed by atoms with Gasteiger partial charge in [-0.25, -0.2) is 4.68 Å². The number of ether oxygens (including phenoxy) is 2. The second-order valence-corrected chi connectivity index (χ2v) is 8.04. The van der Waals surface area contributed by atoms with Crippen molar-refractivity contribution in [1.29, 1.82) is 0 Å². The molecular weight excluding hydrogens is 390 g/mol. The molecule has 0 aliphatic heterocycles. The summed E-state index contributed by atoms with van der Waals surface area (Å²) in [5.74, 6) is 1.35. The van der Waals surface area contributed by atoms with Crippen molar-refractivity contribution in [2.24, 2.45) is 0 Å². The zero-order valence-electron chi connectivity index (χ0n) is 18.6. The lowest BCUT2D eigenvalue weighted by molar-refractivity contribution is -0.121. The molecule has 0 radical (unpaired) electrons. The van der Waals surface area contributed by atoms with Gasteiger partial charge in [-0.3, -0.25) is 4.79 Å². The second kappa shape index (κ2) is 8.84. The number of nitrogens with zero attached hydrogens (tertiary/aromatic N) is 2. The Morgan fingerprint density at radius 1 is 1.19 bits per heavy atom. The van der Waals surface area contributed by atoms with Crippen molar-refractivity contribution in [2.75, 3.05) is 14.2 Å². The van der Waals surface area contributed by atoms with Crippen molar-refractivity contribution < 1.29 is 14.3 Å². The lowest BCUT2D eigenvalue weighted by Gasteiger charge is -2.25. The number of nitrogens with one attached hydrogen (secondary N) is 1. The molecule has 0 saturated carbocycles. The highest BCUT2D eigenvalue weighted by Crippen LogP contribution is 2.32. The summed E-state index contributed by atoms with van der Waals surface area (Å²) in [4.78, 5) is 12.9. The Balaban J connectivity index is 1.55. The van der Waals surface area contributed by atoms with Gasteiger partial charge < -0.3 is 14.8 Å².